The molecule has 4 nitrogen and oxygen atoms in total. The molecule has 0 unspecified atom stereocenters. The Morgan fingerprint density at radius 2 is 2.05 bits per heavy atom. The summed E-state index contributed by atoms with van der Waals surface area (Å²) in [6.45, 7) is 9.52. The predicted octanol–water partition coefficient (Wildman–Crippen LogP) is 2.61. The quantitative estimate of drug-likeness (QED) is 0.718. The van der Waals surface area contributed by atoms with Gasteiger partial charge in [-0.25, -0.2) is 0 Å². The lowest BCUT2D eigenvalue weighted by molar-refractivity contribution is 0.238. The second kappa shape index (κ2) is 7.97. The van der Waals surface area contributed by atoms with Crippen LogP contribution in [0.3, 0.4) is 0 Å². The molecule has 0 radical (unpaired) electrons. The molecule has 1 saturated carbocycles. The topological polar surface area (TPSA) is 31.6 Å². The first-order valence-electron chi connectivity index (χ1n) is 8.27. The molecule has 1 aliphatic rings. The van der Waals surface area contributed by atoms with Crippen molar-refractivity contribution in [2.75, 3.05) is 33.7 Å². The van der Waals surface area contributed by atoms with Crippen LogP contribution in [0.25, 0.3) is 0 Å². The van der Waals surface area contributed by atoms with Crippen LogP contribution < -0.4 is 5.32 Å². The number of hydrogen-bond acceptors (Lipinski definition) is 4. The zero-order chi connectivity index (χ0) is 15.2. The van der Waals surface area contributed by atoms with E-state index in [9.17, 15) is 0 Å². The summed E-state index contributed by atoms with van der Waals surface area (Å²) in [5.41, 5.74) is 1.28. The summed E-state index contributed by atoms with van der Waals surface area (Å²) in [7, 11) is 4.26. The molecule has 1 fully saturated rings. The van der Waals surface area contributed by atoms with E-state index >= 15 is 0 Å². The van der Waals surface area contributed by atoms with Gasteiger partial charge in [-0.1, -0.05) is 6.92 Å². The molecule has 0 amide bonds. The molecule has 0 atom stereocenters. The van der Waals surface area contributed by atoms with Gasteiger partial charge in [0.05, 0.1) is 13.1 Å². The Bertz CT molecular complexity index is 424. The summed E-state index contributed by atoms with van der Waals surface area (Å²) < 4.78 is 6.04. The molecule has 1 heterocycles. The average molecular weight is 293 g/mol. The Morgan fingerprint density at radius 3 is 2.67 bits per heavy atom. The third-order valence-corrected chi connectivity index (χ3v) is 4.11. The van der Waals surface area contributed by atoms with Gasteiger partial charge in [0.15, 0.2) is 0 Å². The van der Waals surface area contributed by atoms with Gasteiger partial charge >= 0.3 is 0 Å². The van der Waals surface area contributed by atoms with Crippen LogP contribution in [0.2, 0.25) is 0 Å². The second-order valence-electron chi connectivity index (χ2n) is 6.50. The van der Waals surface area contributed by atoms with Gasteiger partial charge in [0, 0.05) is 6.04 Å². The van der Waals surface area contributed by atoms with Crippen LogP contribution >= 0.6 is 0 Å². The summed E-state index contributed by atoms with van der Waals surface area (Å²) in [4.78, 5) is 4.70. The standard InChI is InChI=1S/C17H31N3O/c1-5-20(10-6-9-19(3)4)13-16-11-14(2)17(21-16)12-18-15-7-8-15/h11,15,18H,5-10,12-13H2,1-4H3. The number of nitrogens with one attached hydrogen (secondary N) is 1. The van der Waals surface area contributed by atoms with E-state index in [0.717, 1.165) is 50.3 Å². The molecule has 120 valence electrons. The van der Waals surface area contributed by atoms with Gasteiger partial charge in [-0.3, -0.25) is 4.90 Å². The highest BCUT2D eigenvalue weighted by molar-refractivity contribution is 5.20. The molecule has 0 aliphatic heterocycles. The fourth-order valence-electron chi connectivity index (χ4n) is 2.55. The Balaban J connectivity index is 1.80. The van der Waals surface area contributed by atoms with Crippen LogP contribution in [0.5, 0.6) is 0 Å². The zero-order valence-electron chi connectivity index (χ0n) is 14.1. The van der Waals surface area contributed by atoms with Gasteiger partial charge in [-0.05, 0) is 71.5 Å². The highest BCUT2D eigenvalue weighted by Gasteiger charge is 2.21. The summed E-state index contributed by atoms with van der Waals surface area (Å²) in [5, 5.41) is 3.53. The van der Waals surface area contributed by atoms with Crippen LogP contribution in [-0.4, -0.2) is 49.6 Å². The summed E-state index contributed by atoms with van der Waals surface area (Å²) >= 11 is 0. The van der Waals surface area contributed by atoms with E-state index < -0.39 is 0 Å². The van der Waals surface area contributed by atoms with Crippen molar-refractivity contribution >= 4 is 0 Å². The number of rotatable bonds is 10. The molecule has 0 aromatic carbocycles. The largest absolute Gasteiger partial charge is 0.463 e. The average Bonchev–Trinajstić information content (AvgIpc) is 3.19. The van der Waals surface area contributed by atoms with Crippen molar-refractivity contribution in [2.45, 2.75) is 52.2 Å². The van der Waals surface area contributed by atoms with Crippen molar-refractivity contribution in [3.8, 4) is 0 Å². The van der Waals surface area contributed by atoms with E-state index in [1.807, 2.05) is 0 Å². The fraction of sp³-hybridized carbons (Fsp3) is 0.765. The molecule has 1 aliphatic carbocycles. The van der Waals surface area contributed by atoms with Crippen LogP contribution in [-0.2, 0) is 13.1 Å². The normalized spacial score (nSPS) is 15.3. The molecule has 2 rings (SSSR count). The minimum absolute atomic E-state index is 0.733. The maximum atomic E-state index is 6.04. The van der Waals surface area contributed by atoms with Crippen molar-refractivity contribution in [1.82, 2.24) is 15.1 Å². The smallest absolute Gasteiger partial charge is 0.120 e. The van der Waals surface area contributed by atoms with Crippen LogP contribution in [0.1, 0.15) is 43.3 Å². The molecule has 1 N–H and O–H groups in total. The van der Waals surface area contributed by atoms with Gasteiger partial charge in [0.2, 0.25) is 0 Å². The summed E-state index contributed by atoms with van der Waals surface area (Å²) in [6.07, 6.45) is 3.85. The SMILES string of the molecule is CCN(CCCN(C)C)Cc1cc(C)c(CNC2CC2)o1. The molecular formula is C17H31N3O. The number of furan rings is 1. The first kappa shape index (κ1) is 16.5. The van der Waals surface area contributed by atoms with Crippen molar-refractivity contribution in [3.05, 3.63) is 23.2 Å². The third-order valence-electron chi connectivity index (χ3n) is 4.11. The predicted molar refractivity (Wildman–Crippen MR) is 87.4 cm³/mol. The molecule has 0 saturated heterocycles. The van der Waals surface area contributed by atoms with Crippen LogP contribution in [0.4, 0.5) is 0 Å². The van der Waals surface area contributed by atoms with Gasteiger partial charge in [0.25, 0.3) is 0 Å². The number of aryl methyl sites for hydroxylation is 1. The number of nitrogens with zero attached hydrogens (tertiary/aromatic N) is 2. The first-order valence-corrected chi connectivity index (χ1v) is 8.27. The van der Waals surface area contributed by atoms with Gasteiger partial charge in [0.1, 0.15) is 11.5 Å². The van der Waals surface area contributed by atoms with Gasteiger partial charge < -0.3 is 14.6 Å². The van der Waals surface area contributed by atoms with E-state index in [1.165, 1.54) is 24.8 Å². The van der Waals surface area contributed by atoms with Crippen LogP contribution in [0, 0.1) is 6.92 Å². The maximum Gasteiger partial charge on any atom is 0.120 e. The first-order chi connectivity index (χ1) is 10.1. The highest BCUT2D eigenvalue weighted by Crippen LogP contribution is 2.21. The molecular weight excluding hydrogens is 262 g/mol. The highest BCUT2D eigenvalue weighted by atomic mass is 16.3. The molecule has 0 spiro atoms. The Hall–Kier alpha value is -0.840. The number of hydrogen-bond donors (Lipinski definition) is 1. The van der Waals surface area contributed by atoms with E-state index in [1.54, 1.807) is 0 Å². The minimum Gasteiger partial charge on any atom is -0.463 e. The Labute approximate surface area is 129 Å². The lowest BCUT2D eigenvalue weighted by Crippen LogP contribution is -2.26. The minimum atomic E-state index is 0.733. The van der Waals surface area contributed by atoms with E-state index in [4.69, 9.17) is 4.42 Å². The molecule has 1 aromatic rings. The van der Waals surface area contributed by atoms with Gasteiger partial charge in [-0.2, -0.15) is 0 Å². The van der Waals surface area contributed by atoms with E-state index in [-0.39, 0.29) is 0 Å². The molecule has 1 aromatic heterocycles. The van der Waals surface area contributed by atoms with Crippen molar-refractivity contribution in [1.29, 1.82) is 0 Å². The molecule has 0 bridgehead atoms. The Kier molecular flexibility index (Phi) is 6.27. The lowest BCUT2D eigenvalue weighted by atomic mass is 10.2. The summed E-state index contributed by atoms with van der Waals surface area (Å²) in [5.74, 6) is 2.22. The third kappa shape index (κ3) is 5.81. The zero-order valence-corrected chi connectivity index (χ0v) is 14.1. The van der Waals surface area contributed by atoms with Gasteiger partial charge in [-0.15, -0.1) is 0 Å². The summed E-state index contributed by atoms with van der Waals surface area (Å²) in [6, 6.07) is 2.94. The van der Waals surface area contributed by atoms with Crippen LogP contribution in [0.15, 0.2) is 10.5 Å². The molecule has 21 heavy (non-hydrogen) atoms. The van der Waals surface area contributed by atoms with Crippen molar-refractivity contribution in [3.63, 3.8) is 0 Å². The fourth-order valence-corrected chi connectivity index (χ4v) is 2.55. The molecule has 4 heteroatoms. The van der Waals surface area contributed by atoms with Crippen molar-refractivity contribution in [2.24, 2.45) is 0 Å². The second-order valence-corrected chi connectivity index (χ2v) is 6.50. The van der Waals surface area contributed by atoms with E-state index in [2.05, 4.69) is 49.1 Å². The van der Waals surface area contributed by atoms with Crippen molar-refractivity contribution < 1.29 is 4.42 Å². The maximum absolute atomic E-state index is 6.04. The monoisotopic (exact) mass is 293 g/mol. The Morgan fingerprint density at radius 1 is 1.29 bits per heavy atom. The van der Waals surface area contributed by atoms with E-state index in [0.29, 0.717) is 0 Å². The lowest BCUT2D eigenvalue weighted by Gasteiger charge is -2.20.